The molecule has 4 atom stereocenters. The first-order valence-corrected chi connectivity index (χ1v) is 11.8. The molecule has 0 bridgehead atoms. The zero-order chi connectivity index (χ0) is 23.0. The topological polar surface area (TPSA) is 180 Å². The molecule has 1 saturated heterocycles. The molecule has 0 spiro atoms. The Labute approximate surface area is 194 Å². The Morgan fingerprint density at radius 3 is 2.84 bits per heavy atom. The minimum Gasteiger partial charge on any atom is -0.480 e. The highest BCUT2D eigenvalue weighted by Gasteiger charge is 2.55. The normalized spacial score (nSPS) is 26.1. The van der Waals surface area contributed by atoms with Gasteiger partial charge in [-0.25, -0.2) is 9.48 Å². The van der Waals surface area contributed by atoms with E-state index in [-0.39, 0.29) is 34.5 Å². The highest BCUT2D eigenvalue weighted by molar-refractivity contribution is 8.01. The highest BCUT2D eigenvalue weighted by atomic mass is 32.2. The largest absolute Gasteiger partial charge is 0.480 e. The zero-order valence-electron chi connectivity index (χ0n) is 16.2. The van der Waals surface area contributed by atoms with Crippen molar-refractivity contribution in [1.82, 2.24) is 35.7 Å². The van der Waals surface area contributed by atoms with Gasteiger partial charge in [-0.05, 0) is 22.4 Å². The van der Waals surface area contributed by atoms with E-state index in [2.05, 4.69) is 26.2 Å². The first-order valence-electron chi connectivity index (χ1n) is 9.32. The Hall–Kier alpha value is -2.72. The van der Waals surface area contributed by atoms with Crippen LogP contribution in [0.3, 0.4) is 0 Å². The number of rotatable bonds is 10. The van der Waals surface area contributed by atoms with Crippen molar-refractivity contribution < 1.29 is 29.4 Å². The van der Waals surface area contributed by atoms with Crippen molar-refractivity contribution in [3.63, 3.8) is 0 Å². The van der Waals surface area contributed by atoms with E-state index in [4.69, 9.17) is 17.3 Å². The number of carbonyl (C=O) groups excluding carboxylic acids is 2. The molecule has 0 aromatic carbocycles. The molecule has 1 saturated carbocycles. The van der Waals surface area contributed by atoms with Crippen molar-refractivity contribution in [3.05, 3.63) is 11.3 Å². The van der Waals surface area contributed by atoms with Gasteiger partial charge in [0.25, 0.3) is 5.91 Å². The molecule has 13 nitrogen and oxygen atoms in total. The lowest BCUT2D eigenvalue weighted by atomic mass is 10.0. The van der Waals surface area contributed by atoms with Gasteiger partial charge in [0.2, 0.25) is 11.6 Å². The summed E-state index contributed by atoms with van der Waals surface area (Å²) >= 11 is 7.86. The highest BCUT2D eigenvalue weighted by Crippen LogP contribution is 2.42. The molecule has 1 aromatic heterocycles. The third-order valence-electron chi connectivity index (χ3n) is 5.12. The number of hydrogen-bond acceptors (Lipinski definition) is 10. The lowest BCUT2D eigenvalue weighted by molar-refractivity contribution is -0.148. The van der Waals surface area contributed by atoms with Crippen LogP contribution >= 0.6 is 35.7 Å². The van der Waals surface area contributed by atoms with Crippen LogP contribution in [-0.2, 0) is 25.7 Å². The molecule has 1 aromatic rings. The molecule has 16 heteroatoms. The fourth-order valence-electron chi connectivity index (χ4n) is 3.49. The van der Waals surface area contributed by atoms with Crippen LogP contribution < -0.4 is 10.6 Å². The molecule has 2 fully saturated rings. The number of nitrogens with zero attached hydrogens (tertiary/aromatic N) is 5. The maximum Gasteiger partial charge on any atom is 0.352 e. The zero-order valence-corrected chi connectivity index (χ0v) is 18.7. The minimum atomic E-state index is -1.22. The summed E-state index contributed by atoms with van der Waals surface area (Å²) in [5, 5.41) is 35.0. The fraction of sp³-hybridized carbons (Fsp3) is 0.500. The average molecular weight is 500 g/mol. The van der Waals surface area contributed by atoms with E-state index >= 15 is 0 Å². The van der Waals surface area contributed by atoms with Gasteiger partial charge in [0, 0.05) is 23.5 Å². The van der Waals surface area contributed by atoms with Crippen molar-refractivity contribution in [2.24, 2.45) is 5.92 Å². The molecular formula is C16H17N7O6S3. The van der Waals surface area contributed by atoms with Gasteiger partial charge in [0.05, 0.1) is 4.99 Å². The van der Waals surface area contributed by atoms with Crippen molar-refractivity contribution in [1.29, 1.82) is 0 Å². The van der Waals surface area contributed by atoms with Gasteiger partial charge < -0.3 is 20.8 Å². The molecule has 3 aliphatic rings. The smallest absolute Gasteiger partial charge is 0.352 e. The predicted molar refractivity (Wildman–Crippen MR) is 115 cm³/mol. The number of amides is 2. The number of carboxylic acid groups (broad SMARTS) is 2. The van der Waals surface area contributed by atoms with E-state index in [0.29, 0.717) is 29.1 Å². The number of carboxylic acids is 2. The summed E-state index contributed by atoms with van der Waals surface area (Å²) in [5.74, 6) is -2.19. The van der Waals surface area contributed by atoms with Crippen LogP contribution in [0.4, 0.5) is 0 Å². The molecule has 3 heterocycles. The number of nitrogens with one attached hydrogen (secondary N) is 2. The number of thioether (sulfide) groups is 2. The minimum absolute atomic E-state index is 0.0242. The lowest BCUT2D eigenvalue weighted by Gasteiger charge is -2.49. The Bertz CT molecular complexity index is 1030. The van der Waals surface area contributed by atoms with Gasteiger partial charge in [0.1, 0.15) is 23.7 Å². The maximum atomic E-state index is 12.8. The van der Waals surface area contributed by atoms with Gasteiger partial charge in [-0.2, -0.15) is 0 Å². The van der Waals surface area contributed by atoms with Crippen molar-refractivity contribution in [2.75, 3.05) is 11.5 Å². The molecule has 4 N–H and O–H groups in total. The van der Waals surface area contributed by atoms with Gasteiger partial charge in [-0.3, -0.25) is 19.3 Å². The van der Waals surface area contributed by atoms with E-state index in [9.17, 15) is 24.3 Å². The second-order valence-electron chi connectivity index (χ2n) is 7.19. The van der Waals surface area contributed by atoms with Crippen LogP contribution in [0.25, 0.3) is 0 Å². The average Bonchev–Trinajstić information content (AvgIpc) is 3.39. The number of hydrogen-bond donors (Lipinski definition) is 4. The SMILES string of the molecule is O=CN[C@@H]1C[C@@H]1C(=S)NC1C(=O)N2C(C(=O)O)=C(CSc3nnnn3CC(=O)O)CS[C@@H]12. The number of aliphatic carboxylic acids is 2. The molecule has 32 heavy (non-hydrogen) atoms. The first-order chi connectivity index (χ1) is 15.3. The Balaban J connectivity index is 1.43. The van der Waals surface area contributed by atoms with E-state index in [1.54, 1.807) is 0 Å². The Morgan fingerprint density at radius 2 is 2.16 bits per heavy atom. The van der Waals surface area contributed by atoms with Crippen LogP contribution in [0, 0.1) is 5.92 Å². The molecule has 170 valence electrons. The predicted octanol–water partition coefficient (Wildman–Crippen LogP) is -1.48. The van der Waals surface area contributed by atoms with Crippen molar-refractivity contribution in [3.8, 4) is 0 Å². The van der Waals surface area contributed by atoms with Gasteiger partial charge >= 0.3 is 11.9 Å². The number of carbonyl (C=O) groups is 4. The van der Waals surface area contributed by atoms with Crippen molar-refractivity contribution >= 4 is 65.0 Å². The number of thiocarbonyl (C=S) groups is 1. The van der Waals surface area contributed by atoms with E-state index < -0.39 is 29.9 Å². The van der Waals surface area contributed by atoms with Crippen LogP contribution in [0.2, 0.25) is 0 Å². The van der Waals surface area contributed by atoms with Crippen LogP contribution in [0.1, 0.15) is 6.42 Å². The third kappa shape index (κ3) is 4.29. The summed E-state index contributed by atoms with van der Waals surface area (Å²) in [6.07, 6.45) is 1.32. The summed E-state index contributed by atoms with van der Waals surface area (Å²) < 4.78 is 1.10. The van der Waals surface area contributed by atoms with Gasteiger partial charge in [0.15, 0.2) is 0 Å². The summed E-state index contributed by atoms with van der Waals surface area (Å²) in [7, 11) is 0. The number of aromatic nitrogens is 4. The number of tetrazole rings is 1. The van der Waals surface area contributed by atoms with Crippen LogP contribution in [-0.4, -0.2) is 93.5 Å². The second kappa shape index (κ2) is 9.03. The molecule has 1 unspecified atom stereocenters. The van der Waals surface area contributed by atoms with E-state index in [0.717, 1.165) is 16.4 Å². The molecule has 0 radical (unpaired) electrons. The van der Waals surface area contributed by atoms with Gasteiger partial charge in [-0.15, -0.1) is 16.9 Å². The van der Waals surface area contributed by atoms with Crippen molar-refractivity contribution in [2.45, 2.75) is 35.6 Å². The monoisotopic (exact) mass is 499 g/mol. The number of fused-ring (bicyclic) bond motifs is 1. The maximum absolute atomic E-state index is 12.8. The summed E-state index contributed by atoms with van der Waals surface area (Å²) in [5.41, 5.74) is 0.430. The molecule has 2 amide bonds. The molecular weight excluding hydrogens is 482 g/mol. The summed E-state index contributed by atoms with van der Waals surface area (Å²) in [4.78, 5) is 47.9. The van der Waals surface area contributed by atoms with E-state index in [1.807, 2.05) is 0 Å². The second-order valence-corrected chi connectivity index (χ2v) is 9.68. The molecule has 2 aliphatic heterocycles. The third-order valence-corrected chi connectivity index (χ3v) is 7.92. The van der Waals surface area contributed by atoms with Gasteiger partial charge in [-0.1, -0.05) is 24.0 Å². The lowest BCUT2D eigenvalue weighted by Crippen LogP contribution is -2.70. The molecule has 4 rings (SSSR count). The summed E-state index contributed by atoms with van der Waals surface area (Å²) in [6, 6.07) is -0.662. The number of β-lactam (4-membered cyclic amide) rings is 1. The van der Waals surface area contributed by atoms with Crippen LogP contribution in [0.15, 0.2) is 16.4 Å². The summed E-state index contributed by atoms with van der Waals surface area (Å²) in [6.45, 7) is -0.418. The quantitative estimate of drug-likeness (QED) is 0.127. The first kappa shape index (κ1) is 22.5. The van der Waals surface area contributed by atoms with E-state index in [1.165, 1.54) is 16.7 Å². The fourth-order valence-corrected chi connectivity index (χ4v) is 6.24. The van der Waals surface area contributed by atoms with Crippen LogP contribution in [0.5, 0.6) is 0 Å². The Morgan fingerprint density at radius 1 is 1.38 bits per heavy atom. The standard InChI is InChI=1S/C16H17N7O6S3/c24-5-17-8-1-7(8)12(30)18-10-13(27)23-11(15(28)29)6(3-31-14(10)23)4-32-16-19-20-21-22(16)2-9(25)26/h5,7-8,10,14H,1-4H2,(H,17,24)(H,18,30)(H,25,26)(H,28,29)/t7-,8+,10?,14-/m0/s1. The Kier molecular flexibility index (Phi) is 6.34. The molecule has 1 aliphatic carbocycles.